The van der Waals surface area contributed by atoms with Crippen LogP contribution in [0.1, 0.15) is 28.9 Å². The molecule has 2 aromatic heterocycles. The summed E-state index contributed by atoms with van der Waals surface area (Å²) in [7, 11) is 0. The minimum absolute atomic E-state index is 0.244. The first-order valence-electron chi connectivity index (χ1n) is 6.20. The Morgan fingerprint density at radius 1 is 1.35 bits per heavy atom. The van der Waals surface area contributed by atoms with Crippen LogP contribution in [0, 0.1) is 11.3 Å². The molecule has 1 atom stereocenters. The molecule has 100 valence electrons. The second-order valence-electron chi connectivity index (χ2n) is 4.00. The second-order valence-corrected chi connectivity index (χ2v) is 5.28. The molecule has 0 N–H and O–H groups in total. The normalized spacial score (nSPS) is 11.6. The van der Waals surface area contributed by atoms with E-state index >= 15 is 0 Å². The standard InChI is InChI=1S/C15H13N3OS/c1-2-20-14-9-11(6-8-18-14)15(19)12(10-16)13-5-3-4-7-17-13/h3-9,12H,2H2,1H3. The molecule has 5 heteroatoms. The highest BCUT2D eigenvalue weighted by Crippen LogP contribution is 2.21. The molecule has 0 aliphatic carbocycles. The maximum Gasteiger partial charge on any atom is 0.186 e. The van der Waals surface area contributed by atoms with Gasteiger partial charge in [0.25, 0.3) is 0 Å². The van der Waals surface area contributed by atoms with E-state index in [0.29, 0.717) is 11.3 Å². The summed E-state index contributed by atoms with van der Waals surface area (Å²) in [6.45, 7) is 2.02. The van der Waals surface area contributed by atoms with Crippen molar-refractivity contribution in [1.29, 1.82) is 5.26 Å². The van der Waals surface area contributed by atoms with Gasteiger partial charge in [-0.3, -0.25) is 9.78 Å². The second kappa shape index (κ2) is 6.83. The van der Waals surface area contributed by atoms with Crippen LogP contribution in [0.2, 0.25) is 0 Å². The molecule has 0 bridgehead atoms. The van der Waals surface area contributed by atoms with Crippen molar-refractivity contribution in [1.82, 2.24) is 9.97 Å². The highest BCUT2D eigenvalue weighted by Gasteiger charge is 2.23. The fourth-order valence-corrected chi connectivity index (χ4v) is 2.40. The Hall–Kier alpha value is -2.19. The van der Waals surface area contributed by atoms with Gasteiger partial charge in [-0.25, -0.2) is 4.98 Å². The highest BCUT2D eigenvalue weighted by atomic mass is 32.2. The number of ketones is 1. The van der Waals surface area contributed by atoms with Gasteiger partial charge in [0, 0.05) is 18.0 Å². The van der Waals surface area contributed by atoms with Crippen LogP contribution >= 0.6 is 11.8 Å². The maximum absolute atomic E-state index is 12.4. The van der Waals surface area contributed by atoms with E-state index in [1.807, 2.05) is 13.0 Å². The molecule has 2 rings (SSSR count). The van der Waals surface area contributed by atoms with Gasteiger partial charge in [0.1, 0.15) is 0 Å². The monoisotopic (exact) mass is 283 g/mol. The van der Waals surface area contributed by atoms with Crippen molar-refractivity contribution in [3.8, 4) is 6.07 Å². The van der Waals surface area contributed by atoms with Gasteiger partial charge in [0.2, 0.25) is 0 Å². The molecule has 4 nitrogen and oxygen atoms in total. The van der Waals surface area contributed by atoms with E-state index < -0.39 is 5.92 Å². The van der Waals surface area contributed by atoms with Crippen LogP contribution < -0.4 is 0 Å². The summed E-state index contributed by atoms with van der Waals surface area (Å²) in [5.41, 5.74) is 0.967. The summed E-state index contributed by atoms with van der Waals surface area (Å²) < 4.78 is 0. The van der Waals surface area contributed by atoms with Gasteiger partial charge in [0.05, 0.1) is 16.8 Å². The van der Waals surface area contributed by atoms with Gasteiger partial charge in [-0.05, 0) is 30.0 Å². The summed E-state index contributed by atoms with van der Waals surface area (Å²) in [5, 5.41) is 10.0. The third kappa shape index (κ3) is 3.22. The Morgan fingerprint density at radius 2 is 2.20 bits per heavy atom. The molecule has 0 saturated heterocycles. The summed E-state index contributed by atoms with van der Waals surface area (Å²) in [5.74, 6) is -0.239. The van der Waals surface area contributed by atoms with Gasteiger partial charge in [-0.2, -0.15) is 5.26 Å². The van der Waals surface area contributed by atoms with E-state index in [1.165, 1.54) is 0 Å². The number of hydrogen-bond acceptors (Lipinski definition) is 5. The molecule has 20 heavy (non-hydrogen) atoms. The molecule has 0 aromatic carbocycles. The van der Waals surface area contributed by atoms with Crippen LogP contribution in [-0.2, 0) is 0 Å². The van der Waals surface area contributed by atoms with Gasteiger partial charge in [-0.15, -0.1) is 11.8 Å². The van der Waals surface area contributed by atoms with E-state index in [-0.39, 0.29) is 5.78 Å². The lowest BCUT2D eigenvalue weighted by Gasteiger charge is -2.08. The zero-order chi connectivity index (χ0) is 14.4. The first-order valence-corrected chi connectivity index (χ1v) is 7.18. The average Bonchev–Trinajstić information content (AvgIpc) is 2.50. The van der Waals surface area contributed by atoms with Gasteiger partial charge in [0.15, 0.2) is 11.7 Å². The van der Waals surface area contributed by atoms with E-state index in [9.17, 15) is 10.1 Å². The Morgan fingerprint density at radius 3 is 2.85 bits per heavy atom. The number of pyridine rings is 2. The van der Waals surface area contributed by atoms with Crippen molar-refractivity contribution in [2.45, 2.75) is 17.9 Å². The molecule has 2 heterocycles. The van der Waals surface area contributed by atoms with Crippen molar-refractivity contribution >= 4 is 17.5 Å². The third-order valence-electron chi connectivity index (χ3n) is 2.69. The van der Waals surface area contributed by atoms with E-state index in [0.717, 1.165) is 10.8 Å². The highest BCUT2D eigenvalue weighted by molar-refractivity contribution is 7.99. The largest absolute Gasteiger partial charge is 0.292 e. The number of thioether (sulfide) groups is 1. The number of nitrogens with zero attached hydrogens (tertiary/aromatic N) is 3. The zero-order valence-electron chi connectivity index (χ0n) is 11.0. The Bertz CT molecular complexity index is 637. The van der Waals surface area contributed by atoms with Crippen LogP contribution in [0.5, 0.6) is 0 Å². The number of hydrogen-bond donors (Lipinski definition) is 0. The number of aromatic nitrogens is 2. The number of carbonyl (C=O) groups excluding carboxylic acids is 1. The number of nitriles is 1. The lowest BCUT2D eigenvalue weighted by molar-refractivity contribution is 0.0977. The van der Waals surface area contributed by atoms with Crippen LogP contribution in [0.15, 0.2) is 47.8 Å². The smallest absolute Gasteiger partial charge is 0.186 e. The molecule has 0 amide bonds. The molecule has 0 fully saturated rings. The molecule has 0 radical (unpaired) electrons. The number of rotatable bonds is 5. The van der Waals surface area contributed by atoms with Gasteiger partial charge >= 0.3 is 0 Å². The van der Waals surface area contributed by atoms with Gasteiger partial charge < -0.3 is 0 Å². The van der Waals surface area contributed by atoms with Crippen molar-refractivity contribution in [3.05, 3.63) is 54.0 Å². The topological polar surface area (TPSA) is 66.6 Å². The van der Waals surface area contributed by atoms with Crippen molar-refractivity contribution in [2.24, 2.45) is 0 Å². The third-order valence-corrected chi connectivity index (χ3v) is 3.49. The molecule has 0 saturated carbocycles. The fraction of sp³-hybridized carbons (Fsp3) is 0.200. The molecule has 0 aliphatic rings. The van der Waals surface area contributed by atoms with Gasteiger partial charge in [-0.1, -0.05) is 13.0 Å². The minimum atomic E-state index is -0.877. The molecule has 1 unspecified atom stereocenters. The SMILES string of the molecule is CCSc1cc(C(=O)C(C#N)c2ccccn2)ccn1. The zero-order valence-corrected chi connectivity index (χ0v) is 11.8. The average molecular weight is 283 g/mol. The van der Waals surface area contributed by atoms with Crippen molar-refractivity contribution in [2.75, 3.05) is 5.75 Å². The van der Waals surface area contributed by atoms with E-state index in [2.05, 4.69) is 9.97 Å². The first-order chi connectivity index (χ1) is 9.76. The number of Topliss-reactive ketones (excluding diaryl/α,β-unsaturated/α-hetero) is 1. The summed E-state index contributed by atoms with van der Waals surface area (Å²) >= 11 is 1.56. The lowest BCUT2D eigenvalue weighted by atomic mass is 9.96. The predicted molar refractivity (Wildman–Crippen MR) is 77.6 cm³/mol. The quantitative estimate of drug-likeness (QED) is 0.623. The lowest BCUT2D eigenvalue weighted by Crippen LogP contribution is -2.12. The van der Waals surface area contributed by atoms with Crippen LogP contribution in [0.25, 0.3) is 0 Å². The molecule has 0 spiro atoms. The molecular formula is C15H13N3OS. The maximum atomic E-state index is 12.4. The predicted octanol–water partition coefficient (Wildman–Crippen LogP) is 3.08. The Balaban J connectivity index is 2.30. The molecule has 2 aromatic rings. The Kier molecular flexibility index (Phi) is 4.85. The van der Waals surface area contributed by atoms with E-state index in [1.54, 1.807) is 54.5 Å². The summed E-state index contributed by atoms with van der Waals surface area (Å²) in [4.78, 5) is 20.7. The fourth-order valence-electron chi connectivity index (χ4n) is 1.76. The summed E-state index contributed by atoms with van der Waals surface area (Å²) in [6, 6.07) is 10.6. The van der Waals surface area contributed by atoms with Crippen LogP contribution in [-0.4, -0.2) is 21.5 Å². The Labute approximate surface area is 121 Å². The first kappa shape index (κ1) is 14.2. The van der Waals surface area contributed by atoms with Crippen LogP contribution in [0.4, 0.5) is 0 Å². The van der Waals surface area contributed by atoms with Crippen LogP contribution in [0.3, 0.4) is 0 Å². The van der Waals surface area contributed by atoms with Crippen molar-refractivity contribution in [3.63, 3.8) is 0 Å². The number of carbonyl (C=O) groups is 1. The summed E-state index contributed by atoms with van der Waals surface area (Å²) in [6.07, 6.45) is 3.18. The molecular weight excluding hydrogens is 270 g/mol. The molecule has 0 aliphatic heterocycles. The van der Waals surface area contributed by atoms with Crippen molar-refractivity contribution < 1.29 is 4.79 Å². The minimum Gasteiger partial charge on any atom is -0.292 e. The van der Waals surface area contributed by atoms with E-state index in [4.69, 9.17) is 0 Å².